The molecule has 0 saturated heterocycles. The maximum atomic E-state index is 12.4. The predicted octanol–water partition coefficient (Wildman–Crippen LogP) is 2.52. The Kier molecular flexibility index (Phi) is 5.63. The molecule has 0 unspecified atom stereocenters. The number of hydrogen-bond donors (Lipinski definition) is 1. The second-order valence-electron chi connectivity index (χ2n) is 4.51. The third-order valence-electron chi connectivity index (χ3n) is 3.08. The number of nitrogens with one attached hydrogen (secondary N) is 1. The van der Waals surface area contributed by atoms with Crippen molar-refractivity contribution in [3.05, 3.63) is 41.0 Å². The van der Waals surface area contributed by atoms with Gasteiger partial charge in [-0.2, -0.15) is 11.8 Å². The fourth-order valence-corrected chi connectivity index (χ4v) is 2.83. The molecule has 2 aromatic rings. The number of halogens is 1. The van der Waals surface area contributed by atoms with Crippen molar-refractivity contribution in [3.8, 4) is 0 Å². The molecule has 22 heavy (non-hydrogen) atoms. The number of aromatic nitrogens is 1. The largest absolute Gasteiger partial charge is 0.467 e. The van der Waals surface area contributed by atoms with E-state index in [0.29, 0.717) is 21.7 Å². The lowest BCUT2D eigenvalue weighted by Crippen LogP contribution is -2.43. The number of esters is 1. The van der Waals surface area contributed by atoms with Crippen LogP contribution in [0, 0.1) is 0 Å². The van der Waals surface area contributed by atoms with Gasteiger partial charge >= 0.3 is 5.97 Å². The van der Waals surface area contributed by atoms with Crippen molar-refractivity contribution < 1.29 is 14.3 Å². The summed E-state index contributed by atoms with van der Waals surface area (Å²) in [6.45, 7) is 0. The highest BCUT2D eigenvalue weighted by Gasteiger charge is 2.23. The SMILES string of the molecule is COC(=O)[C@H](CSC)NC(=O)c1cnc2ccccc2c1Cl. The predicted molar refractivity (Wildman–Crippen MR) is 88.4 cm³/mol. The molecule has 0 spiro atoms. The molecule has 1 amide bonds. The third kappa shape index (κ3) is 3.51. The quantitative estimate of drug-likeness (QED) is 0.848. The molecule has 5 nitrogen and oxygen atoms in total. The monoisotopic (exact) mass is 338 g/mol. The minimum Gasteiger partial charge on any atom is -0.467 e. The summed E-state index contributed by atoms with van der Waals surface area (Å²) < 4.78 is 4.69. The van der Waals surface area contributed by atoms with Crippen molar-refractivity contribution in [2.45, 2.75) is 6.04 Å². The number of methoxy groups -OCH3 is 1. The smallest absolute Gasteiger partial charge is 0.329 e. The van der Waals surface area contributed by atoms with Crippen molar-refractivity contribution in [3.63, 3.8) is 0 Å². The van der Waals surface area contributed by atoms with E-state index in [1.165, 1.54) is 25.1 Å². The van der Waals surface area contributed by atoms with Gasteiger partial charge in [0.05, 0.1) is 23.2 Å². The Morgan fingerprint density at radius 1 is 1.41 bits per heavy atom. The summed E-state index contributed by atoms with van der Waals surface area (Å²) in [7, 11) is 1.28. The number of amides is 1. The van der Waals surface area contributed by atoms with Crippen LogP contribution in [0.15, 0.2) is 30.5 Å². The lowest BCUT2D eigenvalue weighted by atomic mass is 10.1. The molecule has 1 heterocycles. The minimum absolute atomic E-state index is 0.232. The average Bonchev–Trinajstić information content (AvgIpc) is 2.54. The number of benzene rings is 1. The molecule has 1 N–H and O–H groups in total. The maximum Gasteiger partial charge on any atom is 0.329 e. The summed E-state index contributed by atoms with van der Waals surface area (Å²) in [4.78, 5) is 28.2. The molecule has 0 aliphatic carbocycles. The van der Waals surface area contributed by atoms with Crippen LogP contribution in [-0.2, 0) is 9.53 Å². The molecule has 2 rings (SSSR count). The number of para-hydroxylation sites is 1. The molecule has 116 valence electrons. The second kappa shape index (κ2) is 7.47. The third-order valence-corrected chi connectivity index (χ3v) is 4.15. The fourth-order valence-electron chi connectivity index (χ4n) is 1.98. The summed E-state index contributed by atoms with van der Waals surface area (Å²) in [5, 5.41) is 3.64. The molecule has 0 fully saturated rings. The van der Waals surface area contributed by atoms with Gasteiger partial charge in [-0.05, 0) is 12.3 Å². The van der Waals surface area contributed by atoms with Crippen LogP contribution in [0.1, 0.15) is 10.4 Å². The molecule has 1 aromatic carbocycles. The lowest BCUT2D eigenvalue weighted by Gasteiger charge is -2.16. The zero-order chi connectivity index (χ0) is 16.1. The van der Waals surface area contributed by atoms with Crippen LogP contribution in [0.5, 0.6) is 0 Å². The zero-order valence-corrected chi connectivity index (χ0v) is 13.7. The number of carbonyl (C=O) groups is 2. The molecule has 0 radical (unpaired) electrons. The van der Waals surface area contributed by atoms with Gasteiger partial charge in [0, 0.05) is 17.3 Å². The van der Waals surface area contributed by atoms with E-state index in [2.05, 4.69) is 15.0 Å². The van der Waals surface area contributed by atoms with Gasteiger partial charge < -0.3 is 10.1 Å². The number of fused-ring (bicyclic) bond motifs is 1. The van der Waals surface area contributed by atoms with Gasteiger partial charge in [0.1, 0.15) is 6.04 Å². The summed E-state index contributed by atoms with van der Waals surface area (Å²) >= 11 is 7.72. The Bertz CT molecular complexity index is 708. The van der Waals surface area contributed by atoms with E-state index in [4.69, 9.17) is 11.6 Å². The van der Waals surface area contributed by atoms with Crippen molar-refractivity contribution in [1.82, 2.24) is 10.3 Å². The number of hydrogen-bond acceptors (Lipinski definition) is 5. The number of rotatable bonds is 5. The molecular weight excluding hydrogens is 324 g/mol. The van der Waals surface area contributed by atoms with E-state index in [1.54, 1.807) is 6.07 Å². The Hall–Kier alpha value is -1.79. The number of ether oxygens (including phenoxy) is 1. The van der Waals surface area contributed by atoms with Crippen LogP contribution in [-0.4, -0.2) is 42.0 Å². The average molecular weight is 339 g/mol. The lowest BCUT2D eigenvalue weighted by molar-refractivity contribution is -0.142. The van der Waals surface area contributed by atoms with E-state index < -0.39 is 17.9 Å². The molecule has 7 heteroatoms. The van der Waals surface area contributed by atoms with Crippen molar-refractivity contribution in [2.75, 3.05) is 19.1 Å². The number of thioether (sulfide) groups is 1. The van der Waals surface area contributed by atoms with E-state index in [1.807, 2.05) is 24.5 Å². The van der Waals surface area contributed by atoms with Crippen molar-refractivity contribution >= 4 is 46.1 Å². The minimum atomic E-state index is -0.727. The Morgan fingerprint density at radius 2 is 2.14 bits per heavy atom. The maximum absolute atomic E-state index is 12.4. The highest BCUT2D eigenvalue weighted by molar-refractivity contribution is 7.98. The van der Waals surface area contributed by atoms with Gasteiger partial charge in [-0.25, -0.2) is 4.79 Å². The first-order chi connectivity index (χ1) is 10.6. The molecule has 1 atom stereocenters. The Balaban J connectivity index is 2.29. The van der Waals surface area contributed by atoms with Crippen molar-refractivity contribution in [1.29, 1.82) is 0 Å². The van der Waals surface area contributed by atoms with E-state index in [-0.39, 0.29) is 5.56 Å². The summed E-state index contributed by atoms with van der Waals surface area (Å²) in [6.07, 6.45) is 3.25. The highest BCUT2D eigenvalue weighted by atomic mass is 35.5. The van der Waals surface area contributed by atoms with Crippen LogP contribution < -0.4 is 5.32 Å². The van der Waals surface area contributed by atoms with Crippen LogP contribution >= 0.6 is 23.4 Å². The van der Waals surface area contributed by atoms with Gasteiger partial charge in [0.25, 0.3) is 5.91 Å². The topological polar surface area (TPSA) is 68.3 Å². The van der Waals surface area contributed by atoms with Gasteiger partial charge in [-0.15, -0.1) is 0 Å². The summed E-state index contributed by atoms with van der Waals surface area (Å²) in [6, 6.07) is 6.55. The van der Waals surface area contributed by atoms with Gasteiger partial charge in [-0.1, -0.05) is 29.8 Å². The number of pyridine rings is 1. The number of carbonyl (C=O) groups excluding carboxylic acids is 2. The summed E-state index contributed by atoms with van der Waals surface area (Å²) in [5.74, 6) is -0.530. The first kappa shape index (κ1) is 16.6. The number of nitrogens with zero attached hydrogens (tertiary/aromatic N) is 1. The van der Waals surface area contributed by atoms with Gasteiger partial charge in [0.15, 0.2) is 0 Å². The second-order valence-corrected chi connectivity index (χ2v) is 5.80. The van der Waals surface area contributed by atoms with Gasteiger partial charge in [-0.3, -0.25) is 9.78 Å². The first-order valence-corrected chi connectivity index (χ1v) is 8.26. The van der Waals surface area contributed by atoms with Crippen molar-refractivity contribution in [2.24, 2.45) is 0 Å². The molecular formula is C15H15ClN2O3S. The Morgan fingerprint density at radius 3 is 2.82 bits per heavy atom. The van der Waals surface area contributed by atoms with E-state index in [9.17, 15) is 9.59 Å². The molecule has 0 aliphatic rings. The van der Waals surface area contributed by atoms with E-state index in [0.717, 1.165) is 0 Å². The zero-order valence-electron chi connectivity index (χ0n) is 12.1. The van der Waals surface area contributed by atoms with E-state index >= 15 is 0 Å². The fraction of sp³-hybridized carbons (Fsp3) is 0.267. The summed E-state index contributed by atoms with van der Waals surface area (Å²) in [5.41, 5.74) is 0.938. The molecule has 0 aliphatic heterocycles. The van der Waals surface area contributed by atoms with Crippen LogP contribution in [0.25, 0.3) is 10.9 Å². The standard InChI is InChI=1S/C15H15ClN2O3S/c1-21-15(20)12(8-22-2)18-14(19)10-7-17-11-6-4-3-5-9(11)13(10)16/h3-7,12H,8H2,1-2H3,(H,18,19)/t12-/m0/s1. The van der Waals surface area contributed by atoms with Crippen LogP contribution in [0.2, 0.25) is 5.02 Å². The Labute approximate surface area is 137 Å². The first-order valence-electron chi connectivity index (χ1n) is 6.49. The molecule has 1 aromatic heterocycles. The van der Waals surface area contributed by atoms with Gasteiger partial charge in [0.2, 0.25) is 0 Å². The highest BCUT2D eigenvalue weighted by Crippen LogP contribution is 2.25. The van der Waals surface area contributed by atoms with Crippen LogP contribution in [0.4, 0.5) is 0 Å². The van der Waals surface area contributed by atoms with Crippen LogP contribution in [0.3, 0.4) is 0 Å². The normalized spacial score (nSPS) is 12.0. The molecule has 0 bridgehead atoms. The molecule has 0 saturated carbocycles.